The molecular weight excluding hydrogens is 461 g/mol. The molecule has 0 bridgehead atoms. The average Bonchev–Trinajstić information content (AvgIpc) is 2.84. The second kappa shape index (κ2) is 9.89. The number of nitrogens with one attached hydrogen (secondary N) is 2. The van der Waals surface area contributed by atoms with E-state index in [-0.39, 0.29) is 35.9 Å². The maximum atomic E-state index is 13.0. The molecule has 0 radical (unpaired) electrons. The van der Waals surface area contributed by atoms with Gasteiger partial charge in [0.2, 0.25) is 15.9 Å². The Balaban J connectivity index is 1.34. The molecule has 0 aliphatic rings. The molecule has 0 atom stereocenters. The molecule has 0 aliphatic heterocycles. The van der Waals surface area contributed by atoms with Gasteiger partial charge in [-0.2, -0.15) is 0 Å². The number of hydrogen-bond acceptors (Lipinski definition) is 6. The summed E-state index contributed by atoms with van der Waals surface area (Å²) in [5.74, 6) is -0.770. The van der Waals surface area contributed by atoms with Crippen LogP contribution in [0.1, 0.15) is 12.0 Å². The third-order valence-corrected chi connectivity index (χ3v) is 6.43. The summed E-state index contributed by atoms with van der Waals surface area (Å²) in [6.45, 7) is 0.0560. The van der Waals surface area contributed by atoms with Gasteiger partial charge in [0.05, 0.1) is 16.8 Å². The lowest BCUT2D eigenvalue weighted by molar-refractivity contribution is -0.116. The number of nitrogens with zero attached hydrogens (tertiary/aromatic N) is 3. The molecule has 0 fully saturated rings. The van der Waals surface area contributed by atoms with Gasteiger partial charge in [0, 0.05) is 18.7 Å². The van der Waals surface area contributed by atoms with Crippen molar-refractivity contribution in [3.8, 4) is 0 Å². The van der Waals surface area contributed by atoms with Crippen molar-refractivity contribution in [2.24, 2.45) is 0 Å². The minimum atomic E-state index is -3.79. The third-order valence-electron chi connectivity index (χ3n) is 5.01. The Bertz CT molecular complexity index is 1490. The van der Waals surface area contributed by atoms with Crippen LogP contribution < -0.4 is 15.6 Å². The number of aromatic nitrogens is 3. The van der Waals surface area contributed by atoms with Crippen LogP contribution in [0.3, 0.4) is 0 Å². The van der Waals surface area contributed by atoms with E-state index in [0.29, 0.717) is 22.2 Å². The molecule has 0 saturated carbocycles. The number of sulfonamides is 1. The standard InChI is InChI=1S/C23H20FN5O4S/c24-17-7-5-16(6-8-17)15-25-34(32,33)19-11-9-18(10-12-19)26-22(30)13-14-29-23(31)20-3-1-2-4-21(20)27-28-29/h1-12,25H,13-15H2,(H,26,30). The summed E-state index contributed by atoms with van der Waals surface area (Å²) in [6, 6.07) is 18.0. The first-order valence-corrected chi connectivity index (χ1v) is 11.8. The Morgan fingerprint density at radius 3 is 2.41 bits per heavy atom. The van der Waals surface area contributed by atoms with Crippen LogP contribution in [0, 0.1) is 5.82 Å². The zero-order valence-electron chi connectivity index (χ0n) is 17.8. The van der Waals surface area contributed by atoms with Crippen molar-refractivity contribution in [3.05, 3.63) is 94.5 Å². The lowest BCUT2D eigenvalue weighted by Gasteiger charge is -2.09. The second-order valence-corrected chi connectivity index (χ2v) is 9.18. The molecule has 34 heavy (non-hydrogen) atoms. The van der Waals surface area contributed by atoms with Crippen molar-refractivity contribution in [2.45, 2.75) is 24.4 Å². The Kier molecular flexibility index (Phi) is 6.75. The largest absolute Gasteiger partial charge is 0.326 e. The van der Waals surface area contributed by atoms with Crippen LogP contribution in [0.25, 0.3) is 10.9 Å². The molecule has 4 aromatic rings. The van der Waals surface area contributed by atoms with Crippen molar-refractivity contribution in [2.75, 3.05) is 5.32 Å². The molecule has 174 valence electrons. The smallest absolute Gasteiger partial charge is 0.277 e. The second-order valence-electron chi connectivity index (χ2n) is 7.41. The van der Waals surface area contributed by atoms with Crippen molar-refractivity contribution >= 4 is 32.5 Å². The fourth-order valence-electron chi connectivity index (χ4n) is 3.18. The number of rotatable bonds is 8. The molecule has 11 heteroatoms. The fourth-order valence-corrected chi connectivity index (χ4v) is 4.20. The van der Waals surface area contributed by atoms with Crippen molar-refractivity contribution in [1.82, 2.24) is 19.7 Å². The maximum Gasteiger partial charge on any atom is 0.277 e. The van der Waals surface area contributed by atoms with E-state index in [0.717, 1.165) is 4.68 Å². The van der Waals surface area contributed by atoms with E-state index in [2.05, 4.69) is 20.4 Å². The normalized spacial score (nSPS) is 11.4. The van der Waals surface area contributed by atoms with Gasteiger partial charge < -0.3 is 5.32 Å². The van der Waals surface area contributed by atoms with E-state index in [9.17, 15) is 22.4 Å². The van der Waals surface area contributed by atoms with Crippen molar-refractivity contribution in [3.63, 3.8) is 0 Å². The molecule has 1 heterocycles. The van der Waals surface area contributed by atoms with Gasteiger partial charge in [-0.3, -0.25) is 9.59 Å². The number of aryl methyl sites for hydroxylation is 1. The molecular formula is C23H20FN5O4S. The summed E-state index contributed by atoms with van der Waals surface area (Å²) in [6.07, 6.45) is -0.0216. The highest BCUT2D eigenvalue weighted by molar-refractivity contribution is 7.89. The van der Waals surface area contributed by atoms with Gasteiger partial charge in [-0.15, -0.1) is 5.10 Å². The topological polar surface area (TPSA) is 123 Å². The maximum absolute atomic E-state index is 13.0. The van der Waals surface area contributed by atoms with Crippen LogP contribution in [-0.2, 0) is 27.9 Å². The molecule has 9 nitrogen and oxygen atoms in total. The summed E-state index contributed by atoms with van der Waals surface area (Å²) in [5, 5.41) is 10.9. The number of benzene rings is 3. The highest BCUT2D eigenvalue weighted by Gasteiger charge is 2.14. The minimum Gasteiger partial charge on any atom is -0.326 e. The summed E-state index contributed by atoms with van der Waals surface area (Å²) >= 11 is 0. The van der Waals surface area contributed by atoms with Crippen LogP contribution >= 0.6 is 0 Å². The molecule has 1 amide bonds. The van der Waals surface area contributed by atoms with Crippen LogP contribution in [-0.4, -0.2) is 29.3 Å². The summed E-state index contributed by atoms with van der Waals surface area (Å²) in [5.41, 5.74) is 1.17. The van der Waals surface area contributed by atoms with Crippen LogP contribution in [0.4, 0.5) is 10.1 Å². The molecule has 0 unspecified atom stereocenters. The van der Waals surface area contributed by atoms with Gasteiger partial charge >= 0.3 is 0 Å². The van der Waals surface area contributed by atoms with Crippen molar-refractivity contribution in [1.29, 1.82) is 0 Å². The number of anilines is 1. The molecule has 2 N–H and O–H groups in total. The Morgan fingerprint density at radius 1 is 0.971 bits per heavy atom. The minimum absolute atomic E-state index is 0.0120. The van der Waals surface area contributed by atoms with Crippen LogP contribution in [0.5, 0.6) is 0 Å². The fraction of sp³-hybridized carbons (Fsp3) is 0.130. The number of carbonyl (C=O) groups excluding carboxylic acids is 1. The van der Waals surface area contributed by atoms with E-state index in [1.165, 1.54) is 48.5 Å². The van der Waals surface area contributed by atoms with E-state index < -0.39 is 15.8 Å². The molecule has 3 aromatic carbocycles. The van der Waals surface area contributed by atoms with Gasteiger partial charge in [0.25, 0.3) is 5.56 Å². The Morgan fingerprint density at radius 2 is 1.68 bits per heavy atom. The summed E-state index contributed by atoms with van der Waals surface area (Å²) in [4.78, 5) is 24.8. The van der Waals surface area contributed by atoms with Crippen LogP contribution in [0.2, 0.25) is 0 Å². The number of carbonyl (C=O) groups is 1. The van der Waals surface area contributed by atoms with E-state index in [4.69, 9.17) is 0 Å². The highest BCUT2D eigenvalue weighted by atomic mass is 32.2. The SMILES string of the molecule is O=C(CCn1nnc2ccccc2c1=O)Nc1ccc(S(=O)(=O)NCc2ccc(F)cc2)cc1. The van der Waals surface area contributed by atoms with E-state index in [1.54, 1.807) is 24.3 Å². The van der Waals surface area contributed by atoms with E-state index >= 15 is 0 Å². The van der Waals surface area contributed by atoms with Crippen LogP contribution in [0.15, 0.2) is 82.5 Å². The summed E-state index contributed by atoms with van der Waals surface area (Å²) < 4.78 is 41.5. The lowest BCUT2D eigenvalue weighted by atomic mass is 10.2. The van der Waals surface area contributed by atoms with Gasteiger partial charge in [0.15, 0.2) is 0 Å². The predicted molar refractivity (Wildman–Crippen MR) is 124 cm³/mol. The van der Waals surface area contributed by atoms with Gasteiger partial charge in [0.1, 0.15) is 11.3 Å². The number of halogens is 1. The molecule has 1 aromatic heterocycles. The predicted octanol–water partition coefficient (Wildman–Crippen LogP) is 2.44. The first-order valence-electron chi connectivity index (χ1n) is 10.3. The molecule has 0 aliphatic carbocycles. The lowest BCUT2D eigenvalue weighted by Crippen LogP contribution is -2.26. The van der Waals surface area contributed by atoms with Gasteiger partial charge in [-0.05, 0) is 54.1 Å². The van der Waals surface area contributed by atoms with Gasteiger partial charge in [-0.25, -0.2) is 22.2 Å². The molecule has 0 spiro atoms. The summed E-state index contributed by atoms with van der Waals surface area (Å²) in [7, 11) is -3.79. The Labute approximate surface area is 194 Å². The zero-order valence-corrected chi connectivity index (χ0v) is 18.6. The first kappa shape index (κ1) is 23.2. The molecule has 0 saturated heterocycles. The first-order chi connectivity index (χ1) is 16.3. The van der Waals surface area contributed by atoms with Crippen molar-refractivity contribution < 1.29 is 17.6 Å². The number of hydrogen-bond donors (Lipinski definition) is 2. The monoisotopic (exact) mass is 481 g/mol. The molecule has 4 rings (SSSR count). The number of amides is 1. The van der Waals surface area contributed by atoms with Gasteiger partial charge in [-0.1, -0.05) is 29.5 Å². The number of fused-ring (bicyclic) bond motifs is 1. The highest BCUT2D eigenvalue weighted by Crippen LogP contribution is 2.15. The third kappa shape index (κ3) is 5.50. The Hall–Kier alpha value is -3.96. The zero-order chi connectivity index (χ0) is 24.1. The van der Waals surface area contributed by atoms with E-state index in [1.807, 2.05) is 0 Å². The average molecular weight is 482 g/mol. The quantitative estimate of drug-likeness (QED) is 0.399.